The summed E-state index contributed by atoms with van der Waals surface area (Å²) in [7, 11) is 0. The van der Waals surface area contributed by atoms with E-state index < -0.39 is 0 Å². The first kappa shape index (κ1) is 32.2. The maximum absolute atomic E-state index is 4.88. The van der Waals surface area contributed by atoms with E-state index in [1.807, 2.05) is 0 Å². The van der Waals surface area contributed by atoms with Crippen molar-refractivity contribution >= 4 is 0 Å². The van der Waals surface area contributed by atoms with Crippen LogP contribution in [0.3, 0.4) is 0 Å². The van der Waals surface area contributed by atoms with Crippen LogP contribution in [0.15, 0.2) is 12.4 Å². The number of hydrogen-bond donors (Lipinski definition) is 0. The van der Waals surface area contributed by atoms with Crippen molar-refractivity contribution in [1.29, 1.82) is 0 Å². The topological polar surface area (TPSA) is 17.8 Å². The van der Waals surface area contributed by atoms with Gasteiger partial charge < -0.3 is 4.57 Å². The number of nitrogens with zero attached hydrogens (tertiary/aromatic N) is 2. The monoisotopic (exact) mass is 489 g/mol. The third kappa shape index (κ3) is 16.6. The molecule has 0 spiro atoms. The molecular formula is C33H64N2. The van der Waals surface area contributed by atoms with Gasteiger partial charge in [0, 0.05) is 24.4 Å². The van der Waals surface area contributed by atoms with Crippen LogP contribution in [0.4, 0.5) is 0 Å². The Kier molecular flexibility index (Phi) is 21.7. The maximum Gasteiger partial charge on any atom is 0.111 e. The molecule has 0 fully saturated rings. The summed E-state index contributed by atoms with van der Waals surface area (Å²) < 4.78 is 2.53. The van der Waals surface area contributed by atoms with Gasteiger partial charge in [-0.15, -0.1) is 0 Å². The summed E-state index contributed by atoms with van der Waals surface area (Å²) in [6.45, 7) is 9.36. The minimum Gasteiger partial charge on any atom is -0.332 e. The Morgan fingerprint density at radius 3 is 1.43 bits per heavy atom. The maximum atomic E-state index is 4.88. The van der Waals surface area contributed by atoms with Crippen LogP contribution in [-0.4, -0.2) is 9.55 Å². The number of aromatic nitrogens is 2. The second-order valence-corrected chi connectivity index (χ2v) is 11.5. The van der Waals surface area contributed by atoms with Gasteiger partial charge in [-0.3, -0.25) is 0 Å². The van der Waals surface area contributed by atoms with Crippen LogP contribution in [0.5, 0.6) is 0 Å². The van der Waals surface area contributed by atoms with Gasteiger partial charge in [0.1, 0.15) is 5.82 Å². The Balaban J connectivity index is 2.21. The van der Waals surface area contributed by atoms with Gasteiger partial charge in [-0.1, -0.05) is 156 Å². The summed E-state index contributed by atoms with van der Waals surface area (Å²) in [6.07, 6.45) is 37.9. The lowest BCUT2D eigenvalue weighted by molar-refractivity contribution is 0.419. The normalized spacial score (nSPS) is 13.4. The van der Waals surface area contributed by atoms with Gasteiger partial charge in [-0.05, 0) is 26.2 Å². The SMILES string of the molecule is CCCCCCCCCCCCCCC(C)n1ccnc1C(CCC)CCCCCCCCCC. The van der Waals surface area contributed by atoms with Crippen molar-refractivity contribution in [3.8, 4) is 0 Å². The van der Waals surface area contributed by atoms with Crippen molar-refractivity contribution in [2.75, 3.05) is 0 Å². The largest absolute Gasteiger partial charge is 0.332 e. The summed E-state index contributed by atoms with van der Waals surface area (Å²) in [5.41, 5.74) is 0. The van der Waals surface area contributed by atoms with E-state index in [1.165, 1.54) is 160 Å². The molecule has 0 saturated heterocycles. The molecule has 0 aliphatic rings. The predicted octanol–water partition coefficient (Wildman–Crippen LogP) is 11.9. The van der Waals surface area contributed by atoms with Gasteiger partial charge in [0.25, 0.3) is 0 Å². The van der Waals surface area contributed by atoms with E-state index in [9.17, 15) is 0 Å². The van der Waals surface area contributed by atoms with Crippen LogP contribution in [0, 0.1) is 0 Å². The molecule has 0 radical (unpaired) electrons. The fourth-order valence-corrected chi connectivity index (χ4v) is 5.71. The van der Waals surface area contributed by atoms with Gasteiger partial charge in [0.15, 0.2) is 0 Å². The smallest absolute Gasteiger partial charge is 0.111 e. The Morgan fingerprint density at radius 2 is 0.971 bits per heavy atom. The highest BCUT2D eigenvalue weighted by Gasteiger charge is 2.18. The molecule has 0 saturated carbocycles. The first-order valence-electron chi connectivity index (χ1n) is 16.3. The zero-order valence-corrected chi connectivity index (χ0v) is 24.7. The Hall–Kier alpha value is -0.790. The van der Waals surface area contributed by atoms with Crippen molar-refractivity contribution in [2.24, 2.45) is 0 Å². The van der Waals surface area contributed by atoms with Crippen LogP contribution >= 0.6 is 0 Å². The quantitative estimate of drug-likeness (QED) is 0.118. The number of imidazole rings is 1. The lowest BCUT2D eigenvalue weighted by Crippen LogP contribution is -2.13. The van der Waals surface area contributed by atoms with E-state index in [4.69, 9.17) is 4.98 Å². The lowest BCUT2D eigenvalue weighted by atomic mass is 9.94. The third-order valence-electron chi connectivity index (χ3n) is 8.06. The van der Waals surface area contributed by atoms with E-state index >= 15 is 0 Å². The van der Waals surface area contributed by atoms with Crippen molar-refractivity contribution in [2.45, 2.75) is 194 Å². The molecule has 0 N–H and O–H groups in total. The van der Waals surface area contributed by atoms with Gasteiger partial charge in [-0.2, -0.15) is 0 Å². The van der Waals surface area contributed by atoms with E-state index in [2.05, 4.69) is 44.7 Å². The second-order valence-electron chi connectivity index (χ2n) is 11.5. The first-order chi connectivity index (χ1) is 17.2. The highest BCUT2D eigenvalue weighted by atomic mass is 15.1. The van der Waals surface area contributed by atoms with Crippen LogP contribution in [0.1, 0.15) is 200 Å². The molecule has 1 aromatic heterocycles. The Morgan fingerprint density at radius 1 is 0.543 bits per heavy atom. The average molecular weight is 489 g/mol. The molecule has 2 atom stereocenters. The number of unbranched alkanes of at least 4 members (excludes halogenated alkanes) is 18. The molecule has 1 rings (SSSR count). The molecular weight excluding hydrogens is 424 g/mol. The standard InChI is InChI=1S/C33H64N2/c1-5-8-10-12-14-16-17-18-19-20-22-24-27-31(4)35-30-29-34-33(35)32(26-7-3)28-25-23-21-15-13-11-9-6-2/h29-32H,5-28H2,1-4H3. The third-order valence-corrected chi connectivity index (χ3v) is 8.06. The molecule has 2 heteroatoms. The predicted molar refractivity (Wildman–Crippen MR) is 158 cm³/mol. The molecule has 0 bridgehead atoms. The van der Waals surface area contributed by atoms with Crippen LogP contribution in [-0.2, 0) is 0 Å². The van der Waals surface area contributed by atoms with E-state index in [-0.39, 0.29) is 0 Å². The number of hydrogen-bond acceptors (Lipinski definition) is 1. The summed E-state index contributed by atoms with van der Waals surface area (Å²) in [5.74, 6) is 2.03. The molecule has 1 heterocycles. The summed E-state index contributed by atoms with van der Waals surface area (Å²) in [4.78, 5) is 4.88. The van der Waals surface area contributed by atoms with Gasteiger partial charge >= 0.3 is 0 Å². The minimum absolute atomic E-state index is 0.591. The Bertz CT molecular complexity index is 549. The molecule has 1 aromatic rings. The van der Waals surface area contributed by atoms with Gasteiger partial charge in [0.2, 0.25) is 0 Å². The zero-order valence-electron chi connectivity index (χ0n) is 24.7. The minimum atomic E-state index is 0.591. The number of rotatable bonds is 26. The van der Waals surface area contributed by atoms with E-state index in [1.54, 1.807) is 0 Å². The fourth-order valence-electron chi connectivity index (χ4n) is 5.71. The first-order valence-corrected chi connectivity index (χ1v) is 16.3. The average Bonchev–Trinajstić information content (AvgIpc) is 3.35. The lowest BCUT2D eigenvalue weighted by Gasteiger charge is -2.22. The molecule has 206 valence electrons. The molecule has 0 aliphatic carbocycles. The highest BCUT2D eigenvalue weighted by Crippen LogP contribution is 2.29. The zero-order chi connectivity index (χ0) is 25.4. The van der Waals surface area contributed by atoms with Crippen LogP contribution < -0.4 is 0 Å². The molecule has 0 aromatic carbocycles. The summed E-state index contributed by atoms with van der Waals surface area (Å²) >= 11 is 0. The van der Waals surface area contributed by atoms with Crippen molar-refractivity contribution in [3.05, 3.63) is 18.2 Å². The summed E-state index contributed by atoms with van der Waals surface area (Å²) in [6, 6.07) is 0.591. The van der Waals surface area contributed by atoms with Crippen molar-refractivity contribution in [3.63, 3.8) is 0 Å². The molecule has 2 unspecified atom stereocenters. The second kappa shape index (κ2) is 23.6. The molecule has 0 aliphatic heterocycles. The van der Waals surface area contributed by atoms with Crippen molar-refractivity contribution in [1.82, 2.24) is 9.55 Å². The summed E-state index contributed by atoms with van der Waals surface area (Å²) in [5, 5.41) is 0. The van der Waals surface area contributed by atoms with Crippen molar-refractivity contribution < 1.29 is 0 Å². The highest BCUT2D eigenvalue weighted by molar-refractivity contribution is 5.02. The van der Waals surface area contributed by atoms with Gasteiger partial charge in [-0.25, -0.2) is 4.98 Å². The van der Waals surface area contributed by atoms with E-state index in [0.29, 0.717) is 12.0 Å². The van der Waals surface area contributed by atoms with E-state index in [0.717, 1.165) is 0 Å². The van der Waals surface area contributed by atoms with Crippen LogP contribution in [0.2, 0.25) is 0 Å². The van der Waals surface area contributed by atoms with Gasteiger partial charge in [0.05, 0.1) is 0 Å². The molecule has 35 heavy (non-hydrogen) atoms. The molecule has 0 amide bonds. The Labute approximate surface area is 221 Å². The van der Waals surface area contributed by atoms with Crippen LogP contribution in [0.25, 0.3) is 0 Å². The molecule has 2 nitrogen and oxygen atoms in total. The fraction of sp³-hybridized carbons (Fsp3) is 0.909.